The maximum Gasteiger partial charge on any atom is 0.407 e. The molecule has 3 heterocycles. The van der Waals surface area contributed by atoms with E-state index in [1.54, 1.807) is 22.2 Å². The molecular formula is C47H55N9O8S. The van der Waals surface area contributed by atoms with Gasteiger partial charge >= 0.3 is 12.2 Å². The summed E-state index contributed by atoms with van der Waals surface area (Å²) in [5, 5.41) is 16.6. The zero-order valence-electron chi connectivity index (χ0n) is 37.4. The molecule has 5 aromatic rings. The molecule has 1 saturated heterocycles. The number of nitriles is 1. The molecule has 2 fully saturated rings. The second kappa shape index (κ2) is 19.2. The van der Waals surface area contributed by atoms with Crippen LogP contribution in [0.3, 0.4) is 0 Å². The third kappa shape index (κ3) is 10.6. The van der Waals surface area contributed by atoms with Crippen LogP contribution in [0.5, 0.6) is 0 Å². The highest BCUT2D eigenvalue weighted by Gasteiger charge is 2.55. The number of hydrogen-bond donors (Lipinski definition) is 4. The van der Waals surface area contributed by atoms with Gasteiger partial charge in [0.25, 0.3) is 0 Å². The highest BCUT2D eigenvalue weighted by Crippen LogP contribution is 2.58. The van der Waals surface area contributed by atoms with Gasteiger partial charge in [0.15, 0.2) is 0 Å². The first kappa shape index (κ1) is 46.3. The normalized spacial score (nSPS) is 16.7. The summed E-state index contributed by atoms with van der Waals surface area (Å²) in [7, 11) is -0.948. The quantitative estimate of drug-likeness (QED) is 0.0815. The Morgan fingerprint density at radius 3 is 2.11 bits per heavy atom. The Hall–Kier alpha value is -6.74. The Morgan fingerprint density at radius 2 is 1.48 bits per heavy atom. The van der Waals surface area contributed by atoms with Crippen molar-refractivity contribution in [1.29, 1.82) is 5.26 Å². The predicted octanol–water partition coefficient (Wildman–Crippen LogP) is 6.68. The lowest BCUT2D eigenvalue weighted by Gasteiger charge is -2.32. The number of rotatable bonds is 16. The molecule has 18 heteroatoms. The number of fused-ring (bicyclic) bond motifs is 1. The molecule has 4 N–H and O–H groups in total. The molecule has 0 bridgehead atoms. The monoisotopic (exact) mass is 905 g/mol. The molecular weight excluding hydrogens is 851 g/mol. The zero-order chi connectivity index (χ0) is 46.6. The smallest absolute Gasteiger partial charge is 0.407 e. The summed E-state index contributed by atoms with van der Waals surface area (Å²) >= 11 is 0. The summed E-state index contributed by atoms with van der Waals surface area (Å²) in [6.07, 6.45) is 5.80. The van der Waals surface area contributed by atoms with Crippen LogP contribution < -0.4 is 10.6 Å². The van der Waals surface area contributed by atoms with Crippen LogP contribution >= 0.6 is 0 Å². The minimum atomic E-state index is -3.39. The van der Waals surface area contributed by atoms with E-state index in [0.717, 1.165) is 69.9 Å². The number of carbonyl (C=O) groups excluding carboxylic acids is 4. The fourth-order valence-electron chi connectivity index (χ4n) is 8.54. The number of likely N-dealkylation sites (tertiary alicyclic amines) is 1. The number of hydrogen-bond acceptors (Lipinski definition) is 11. The molecule has 4 atom stereocenters. The van der Waals surface area contributed by atoms with Gasteiger partial charge < -0.3 is 39.9 Å². The molecule has 3 aromatic carbocycles. The van der Waals surface area contributed by atoms with E-state index in [2.05, 4.69) is 62.0 Å². The second-order valence-corrected chi connectivity index (χ2v) is 19.7. The molecule has 2 aliphatic rings. The van der Waals surface area contributed by atoms with E-state index in [1.165, 1.54) is 14.2 Å². The Labute approximate surface area is 378 Å². The van der Waals surface area contributed by atoms with Gasteiger partial charge in [0.05, 0.1) is 68.3 Å². The van der Waals surface area contributed by atoms with Crippen LogP contribution in [0.2, 0.25) is 0 Å². The van der Waals surface area contributed by atoms with Crippen molar-refractivity contribution in [3.63, 3.8) is 0 Å². The lowest BCUT2D eigenvalue weighted by Crippen LogP contribution is -2.52. The number of alkyl carbamates (subject to hydrolysis) is 2. The number of imidazole rings is 2. The zero-order valence-corrected chi connectivity index (χ0v) is 38.2. The number of nitrogens with one attached hydrogen (secondary N) is 4. The summed E-state index contributed by atoms with van der Waals surface area (Å²) < 4.78 is 33.5. The number of sulfone groups is 1. The number of methoxy groups -OCH3 is 2. The number of benzene rings is 3. The standard InChI is InChI=1S/C47H55N9O8S/c1-28(2)40(54-46(60)64-5)44(58)55(20-7-19-48)29(3)41-49-26-38(51-41)35-15-14-33-22-32(12-13-34(33)23-35)30-8-10-31(11-9-30)37-25-50-42(52-37)39-24-47(17-18-47)27-56(39)43(57)36(53-45(59)63-4)16-21-65(6,61)62/h8-15,22-23,25-26,28-29,36,39-40H,7,16-18,20-21,24,27H2,1-6H3,(H,49,51)(H,50,52)(H,53,59)(H,54,60)/t29-,36-,39-,40-/m0/s1. The van der Waals surface area contributed by atoms with Crippen LogP contribution in [0, 0.1) is 22.7 Å². The number of aromatic nitrogens is 4. The minimum absolute atomic E-state index is 0.0137. The number of aromatic amines is 2. The largest absolute Gasteiger partial charge is 0.453 e. The first-order chi connectivity index (χ1) is 31.0. The number of nitrogens with zero attached hydrogens (tertiary/aromatic N) is 5. The summed E-state index contributed by atoms with van der Waals surface area (Å²) in [6.45, 7) is 6.16. The molecule has 342 valence electrons. The molecule has 17 nitrogen and oxygen atoms in total. The second-order valence-electron chi connectivity index (χ2n) is 17.5. The van der Waals surface area contributed by atoms with Gasteiger partial charge in [0, 0.05) is 24.9 Å². The van der Waals surface area contributed by atoms with Crippen LogP contribution in [0.4, 0.5) is 9.59 Å². The van der Waals surface area contributed by atoms with E-state index in [-0.39, 0.29) is 54.3 Å². The topological polar surface area (TPSA) is 233 Å². The minimum Gasteiger partial charge on any atom is -0.453 e. The Morgan fingerprint density at radius 1 is 0.877 bits per heavy atom. The van der Waals surface area contributed by atoms with Crippen molar-refractivity contribution in [2.75, 3.05) is 39.3 Å². The van der Waals surface area contributed by atoms with Crippen molar-refractivity contribution < 1.29 is 37.1 Å². The van der Waals surface area contributed by atoms with E-state index in [0.29, 0.717) is 18.2 Å². The third-order valence-corrected chi connectivity index (χ3v) is 13.5. The summed E-state index contributed by atoms with van der Waals surface area (Å²) in [5.74, 6) is -0.00737. The maximum absolute atomic E-state index is 14.0. The first-order valence-corrected chi connectivity index (χ1v) is 23.7. The molecule has 65 heavy (non-hydrogen) atoms. The van der Waals surface area contributed by atoms with Gasteiger partial charge in [-0.15, -0.1) is 0 Å². The molecule has 0 unspecified atom stereocenters. The fourth-order valence-corrected chi connectivity index (χ4v) is 9.20. The van der Waals surface area contributed by atoms with Crippen LogP contribution in [0.1, 0.15) is 76.6 Å². The van der Waals surface area contributed by atoms with Gasteiger partial charge in [0.2, 0.25) is 11.8 Å². The lowest BCUT2D eigenvalue weighted by atomic mass is 9.98. The van der Waals surface area contributed by atoms with E-state index < -0.39 is 40.1 Å². The fraction of sp³-hybridized carbons (Fsp3) is 0.426. The van der Waals surface area contributed by atoms with E-state index in [4.69, 9.17) is 14.5 Å². The maximum atomic E-state index is 14.0. The van der Waals surface area contributed by atoms with Crippen molar-refractivity contribution in [1.82, 2.24) is 40.4 Å². The molecule has 1 saturated carbocycles. The molecule has 1 aliphatic carbocycles. The van der Waals surface area contributed by atoms with Gasteiger partial charge in [-0.05, 0) is 83.5 Å². The highest BCUT2D eigenvalue weighted by molar-refractivity contribution is 7.90. The average molecular weight is 906 g/mol. The highest BCUT2D eigenvalue weighted by atomic mass is 32.2. The van der Waals surface area contributed by atoms with Gasteiger partial charge in [0.1, 0.15) is 33.6 Å². The van der Waals surface area contributed by atoms with Gasteiger partial charge in [-0.1, -0.05) is 62.4 Å². The molecule has 1 aliphatic heterocycles. The third-order valence-electron chi connectivity index (χ3n) is 12.5. The Bertz CT molecular complexity index is 2720. The predicted molar refractivity (Wildman–Crippen MR) is 243 cm³/mol. The molecule has 0 radical (unpaired) electrons. The van der Waals surface area contributed by atoms with Gasteiger partial charge in [-0.2, -0.15) is 5.26 Å². The average Bonchev–Trinajstić information content (AvgIpc) is 3.63. The van der Waals surface area contributed by atoms with Crippen molar-refractivity contribution in [3.8, 4) is 39.7 Å². The van der Waals surface area contributed by atoms with E-state index in [1.807, 2.05) is 51.1 Å². The van der Waals surface area contributed by atoms with Crippen LogP contribution in [0.15, 0.2) is 73.1 Å². The van der Waals surface area contributed by atoms with Crippen molar-refractivity contribution in [3.05, 3.63) is 84.7 Å². The lowest BCUT2D eigenvalue weighted by molar-refractivity contribution is -0.137. The SMILES string of the molecule is COC(=O)N[C@@H](CCS(C)(=O)=O)C(=O)N1CC2(CC2)C[C@H]1c1ncc(-c2ccc(-c3ccc4cc(-c5cnc([C@H](C)N(CCC#N)C(=O)[C@@H](NC(=O)OC)C(C)C)[nH]5)ccc4c3)cc2)[nH]1. The van der Waals surface area contributed by atoms with Crippen LogP contribution in [0.25, 0.3) is 44.4 Å². The van der Waals surface area contributed by atoms with Crippen LogP contribution in [-0.4, -0.2) is 114 Å². The van der Waals surface area contributed by atoms with Crippen LogP contribution in [-0.2, 0) is 28.9 Å². The Balaban J connectivity index is 1.04. The molecule has 1 spiro atoms. The molecule has 2 aromatic heterocycles. The molecule has 4 amide bonds. The summed E-state index contributed by atoms with van der Waals surface area (Å²) in [6, 6.07) is 19.9. The summed E-state index contributed by atoms with van der Waals surface area (Å²) in [4.78, 5) is 71.4. The number of H-pyrrole nitrogens is 2. The number of ether oxygens (including phenoxy) is 2. The van der Waals surface area contributed by atoms with E-state index >= 15 is 0 Å². The number of carbonyl (C=O) groups is 4. The van der Waals surface area contributed by atoms with Gasteiger partial charge in [-0.3, -0.25) is 9.59 Å². The number of amides is 4. The van der Waals surface area contributed by atoms with Crippen molar-refractivity contribution in [2.45, 2.75) is 77.0 Å². The summed E-state index contributed by atoms with van der Waals surface area (Å²) in [5.41, 5.74) is 5.41. The molecule has 7 rings (SSSR count). The van der Waals surface area contributed by atoms with Crippen molar-refractivity contribution >= 4 is 44.6 Å². The van der Waals surface area contributed by atoms with Crippen molar-refractivity contribution in [2.24, 2.45) is 11.3 Å². The van der Waals surface area contributed by atoms with Gasteiger partial charge in [-0.25, -0.2) is 28.0 Å². The Kier molecular flexibility index (Phi) is 13.6. The first-order valence-electron chi connectivity index (χ1n) is 21.6. The van der Waals surface area contributed by atoms with E-state index in [9.17, 15) is 32.9 Å².